The lowest BCUT2D eigenvalue weighted by Gasteiger charge is -2.10. The number of carbonyl (C=O) groups is 1. The van der Waals surface area contributed by atoms with E-state index < -0.39 is 0 Å². The molecule has 2 aromatic carbocycles. The van der Waals surface area contributed by atoms with E-state index in [1.54, 1.807) is 43.3 Å². The van der Waals surface area contributed by atoms with Gasteiger partial charge < -0.3 is 14.8 Å². The molecule has 0 atom stereocenters. The Morgan fingerprint density at radius 2 is 1.84 bits per heavy atom. The molecule has 0 fully saturated rings. The molecule has 2 aromatic heterocycles. The van der Waals surface area contributed by atoms with Crippen LogP contribution in [-0.2, 0) is 4.79 Å². The Morgan fingerprint density at radius 3 is 2.58 bits per heavy atom. The van der Waals surface area contributed by atoms with Crippen LogP contribution < -0.4 is 14.8 Å². The highest BCUT2D eigenvalue weighted by Crippen LogP contribution is 2.30. The van der Waals surface area contributed by atoms with Gasteiger partial charge in [0.05, 0.1) is 37.2 Å². The van der Waals surface area contributed by atoms with Gasteiger partial charge in [-0.2, -0.15) is 5.10 Å². The monoisotopic (exact) mass is 435 g/mol. The summed E-state index contributed by atoms with van der Waals surface area (Å²) in [4.78, 5) is 21.2. The number of fused-ring (bicyclic) bond motifs is 1. The number of rotatable bonds is 7. The summed E-state index contributed by atoms with van der Waals surface area (Å²) in [7, 11) is 3.12. The van der Waals surface area contributed by atoms with Crippen molar-refractivity contribution in [2.75, 3.05) is 25.3 Å². The molecule has 2 heterocycles. The Kier molecular flexibility index (Phi) is 6.03. The molecule has 0 aliphatic rings. The number of hydrogen-bond acceptors (Lipinski definition) is 7. The quantitative estimate of drug-likeness (QED) is 0.348. The van der Waals surface area contributed by atoms with Crippen molar-refractivity contribution < 1.29 is 14.3 Å². The minimum absolute atomic E-state index is 0.157. The summed E-state index contributed by atoms with van der Waals surface area (Å²) in [5, 5.41) is 8.82. The van der Waals surface area contributed by atoms with Gasteiger partial charge in [0.25, 0.3) is 0 Å². The zero-order valence-corrected chi connectivity index (χ0v) is 18.1. The van der Waals surface area contributed by atoms with Crippen molar-refractivity contribution in [2.24, 2.45) is 0 Å². The second-order valence-electron chi connectivity index (χ2n) is 6.71. The average Bonchev–Trinajstić information content (AvgIpc) is 3.23. The van der Waals surface area contributed by atoms with Gasteiger partial charge in [-0.05, 0) is 31.2 Å². The van der Waals surface area contributed by atoms with E-state index in [1.165, 1.54) is 23.7 Å². The Morgan fingerprint density at radius 1 is 1.06 bits per heavy atom. The summed E-state index contributed by atoms with van der Waals surface area (Å²) in [5.41, 5.74) is 3.41. The van der Waals surface area contributed by atoms with Gasteiger partial charge in [-0.1, -0.05) is 29.5 Å². The minimum Gasteiger partial charge on any atom is -0.493 e. The summed E-state index contributed by atoms with van der Waals surface area (Å²) < 4.78 is 12.3. The maximum Gasteiger partial charge on any atom is 0.234 e. The van der Waals surface area contributed by atoms with Crippen molar-refractivity contribution in [3.63, 3.8) is 0 Å². The molecule has 0 unspecified atom stereocenters. The number of hydrogen-bond donors (Lipinski definition) is 1. The summed E-state index contributed by atoms with van der Waals surface area (Å²) >= 11 is 1.33. The van der Waals surface area contributed by atoms with Crippen molar-refractivity contribution in [3.05, 3.63) is 60.6 Å². The minimum atomic E-state index is -0.157. The van der Waals surface area contributed by atoms with E-state index in [9.17, 15) is 4.79 Å². The zero-order chi connectivity index (χ0) is 21.8. The molecule has 1 amide bonds. The van der Waals surface area contributed by atoms with E-state index in [-0.39, 0.29) is 11.7 Å². The molecule has 9 heteroatoms. The van der Waals surface area contributed by atoms with Crippen LogP contribution in [0.25, 0.3) is 16.7 Å². The molecule has 31 heavy (non-hydrogen) atoms. The largest absolute Gasteiger partial charge is 0.493 e. The summed E-state index contributed by atoms with van der Waals surface area (Å²) in [6.45, 7) is 2.04. The van der Waals surface area contributed by atoms with E-state index in [2.05, 4.69) is 20.4 Å². The predicted octanol–water partition coefficient (Wildman–Crippen LogP) is 3.87. The molecule has 0 spiro atoms. The van der Waals surface area contributed by atoms with Crippen molar-refractivity contribution in [1.82, 2.24) is 19.7 Å². The second-order valence-corrected chi connectivity index (χ2v) is 7.68. The van der Waals surface area contributed by atoms with Crippen LogP contribution in [0, 0.1) is 6.92 Å². The number of methoxy groups -OCH3 is 2. The Hall–Kier alpha value is -3.59. The molecule has 158 valence electrons. The molecule has 0 saturated heterocycles. The lowest BCUT2D eigenvalue weighted by molar-refractivity contribution is -0.113. The van der Waals surface area contributed by atoms with E-state index in [0.29, 0.717) is 27.9 Å². The van der Waals surface area contributed by atoms with Crippen LogP contribution in [0.4, 0.5) is 5.69 Å². The van der Waals surface area contributed by atoms with Gasteiger partial charge >= 0.3 is 0 Å². The highest BCUT2D eigenvalue weighted by molar-refractivity contribution is 8.00. The number of carbonyl (C=O) groups excluding carboxylic acids is 1. The predicted molar refractivity (Wildman–Crippen MR) is 120 cm³/mol. The van der Waals surface area contributed by atoms with Crippen LogP contribution in [0.1, 0.15) is 5.56 Å². The van der Waals surface area contributed by atoms with Gasteiger partial charge in [-0.15, -0.1) is 0 Å². The molecular formula is C22H21N5O3S. The maximum atomic E-state index is 12.5. The van der Waals surface area contributed by atoms with Crippen LogP contribution in [0.5, 0.6) is 11.5 Å². The average molecular weight is 436 g/mol. The summed E-state index contributed by atoms with van der Waals surface area (Å²) in [6, 6.07) is 13.3. The van der Waals surface area contributed by atoms with Crippen molar-refractivity contribution >= 4 is 34.4 Å². The third-order valence-electron chi connectivity index (χ3n) is 4.62. The summed E-state index contributed by atoms with van der Waals surface area (Å²) in [6.07, 6.45) is 3.22. The molecule has 0 aliphatic carbocycles. The number of aromatic nitrogens is 4. The van der Waals surface area contributed by atoms with E-state index in [0.717, 1.165) is 11.1 Å². The molecule has 0 bridgehead atoms. The van der Waals surface area contributed by atoms with Crippen LogP contribution in [0.2, 0.25) is 0 Å². The van der Waals surface area contributed by atoms with Gasteiger partial charge in [-0.25, -0.2) is 14.6 Å². The molecule has 4 rings (SSSR count). The number of nitrogens with zero attached hydrogens (tertiary/aromatic N) is 4. The number of ether oxygens (including phenoxy) is 2. The Balaban J connectivity index is 1.48. The highest BCUT2D eigenvalue weighted by Gasteiger charge is 2.14. The Labute approximate surface area is 183 Å². The smallest absolute Gasteiger partial charge is 0.234 e. The number of amides is 1. The first kappa shape index (κ1) is 20.7. The van der Waals surface area contributed by atoms with Crippen LogP contribution in [0.15, 0.2) is 60.0 Å². The summed E-state index contributed by atoms with van der Waals surface area (Å²) in [5.74, 6) is 1.18. The molecule has 8 nitrogen and oxygen atoms in total. The van der Waals surface area contributed by atoms with Crippen molar-refractivity contribution in [2.45, 2.75) is 11.9 Å². The third-order valence-corrected chi connectivity index (χ3v) is 5.62. The van der Waals surface area contributed by atoms with Crippen molar-refractivity contribution in [3.8, 4) is 17.2 Å². The molecule has 4 aromatic rings. The highest BCUT2D eigenvalue weighted by atomic mass is 32.2. The molecule has 0 radical (unpaired) electrons. The normalized spacial score (nSPS) is 10.8. The van der Waals surface area contributed by atoms with E-state index in [4.69, 9.17) is 9.47 Å². The lowest BCUT2D eigenvalue weighted by Crippen LogP contribution is -2.14. The fraction of sp³-hybridized carbons (Fsp3) is 0.182. The van der Waals surface area contributed by atoms with Crippen molar-refractivity contribution in [1.29, 1.82) is 0 Å². The third kappa shape index (κ3) is 4.46. The lowest BCUT2D eigenvalue weighted by atomic mass is 10.2. The first-order valence-electron chi connectivity index (χ1n) is 9.49. The SMILES string of the molecule is COc1ccc(NC(=O)CSc2ncnc3c2cnn3-c2ccc(C)cc2)cc1OC. The van der Waals surface area contributed by atoms with Gasteiger partial charge in [0.15, 0.2) is 17.1 Å². The van der Waals surface area contributed by atoms with Gasteiger partial charge in [0.2, 0.25) is 5.91 Å². The van der Waals surface area contributed by atoms with Gasteiger partial charge in [-0.3, -0.25) is 4.79 Å². The Bertz CT molecular complexity index is 1220. The fourth-order valence-electron chi connectivity index (χ4n) is 3.06. The number of thioether (sulfide) groups is 1. The number of nitrogens with one attached hydrogen (secondary N) is 1. The maximum absolute atomic E-state index is 12.5. The standard InChI is InChI=1S/C22H21N5O3S/c1-14-4-7-16(8-5-14)27-21-17(11-25-27)22(24-13-23-21)31-12-20(28)26-15-6-9-18(29-2)19(10-15)30-3/h4-11,13H,12H2,1-3H3,(H,26,28). The van der Waals surface area contributed by atoms with Crippen LogP contribution in [-0.4, -0.2) is 45.6 Å². The van der Waals surface area contributed by atoms with Gasteiger partial charge in [0.1, 0.15) is 11.4 Å². The number of aryl methyl sites for hydroxylation is 1. The molecule has 0 saturated carbocycles. The second kappa shape index (κ2) is 9.05. The van der Waals surface area contributed by atoms with E-state index in [1.807, 2.05) is 31.2 Å². The van der Waals surface area contributed by atoms with Crippen LogP contribution >= 0.6 is 11.8 Å². The first-order chi connectivity index (χ1) is 15.1. The van der Waals surface area contributed by atoms with E-state index >= 15 is 0 Å². The van der Waals surface area contributed by atoms with Crippen LogP contribution in [0.3, 0.4) is 0 Å². The fourth-order valence-corrected chi connectivity index (χ4v) is 3.82. The number of anilines is 1. The number of benzene rings is 2. The van der Waals surface area contributed by atoms with Gasteiger partial charge in [0, 0.05) is 11.8 Å². The first-order valence-corrected chi connectivity index (χ1v) is 10.5. The zero-order valence-electron chi connectivity index (χ0n) is 17.3. The molecular weight excluding hydrogens is 414 g/mol. The molecule has 0 aliphatic heterocycles. The topological polar surface area (TPSA) is 91.2 Å². The molecule has 1 N–H and O–H groups in total.